The fourth-order valence-electron chi connectivity index (χ4n) is 9.61. The van der Waals surface area contributed by atoms with Gasteiger partial charge in [-0.15, -0.1) is 0 Å². The van der Waals surface area contributed by atoms with Crippen molar-refractivity contribution in [2.75, 3.05) is 6.61 Å². The average molecular weight is 437 g/mol. The van der Waals surface area contributed by atoms with E-state index in [0.29, 0.717) is 6.42 Å². The Kier molecular flexibility index (Phi) is 4.50. The second-order valence-corrected chi connectivity index (χ2v) is 11.8. The Balaban J connectivity index is 1.60. The van der Waals surface area contributed by atoms with Crippen LogP contribution in [0.4, 0.5) is 0 Å². The molecule has 6 aliphatic rings. The molecule has 0 radical (unpaired) electrons. The summed E-state index contributed by atoms with van der Waals surface area (Å²) in [5.74, 6) is -0.470. The minimum atomic E-state index is -0.847. The highest BCUT2D eigenvalue weighted by Gasteiger charge is 2.81. The molecule has 6 rings (SSSR count). The SMILES string of the molecule is CC(=O)O[C@H]1CC[C@]2(C)[C@H]([C@@H](O)C[C@]34C[C@H]5C[C@@H](O[C@]5(CO)[C@H]3OC(C)=O)[C@@H]24)C1(C)C. The number of aliphatic hydroxyl groups excluding tert-OH is 2. The highest BCUT2D eigenvalue weighted by atomic mass is 16.6. The summed E-state index contributed by atoms with van der Waals surface area (Å²) in [5, 5.41) is 22.0. The first-order valence-corrected chi connectivity index (χ1v) is 11.7. The summed E-state index contributed by atoms with van der Waals surface area (Å²) in [4.78, 5) is 23.9. The standard InChI is InChI=1S/C24H36O7/c1-12(26)29-17-6-7-22(5)18(21(17,3)4)15(28)10-23-9-14-8-16(19(22)23)31-24(14,11-25)20(23)30-13(2)27/h14-20,25,28H,6-11H2,1-5H3/t14-,15+,16-,17+,18-,19+,20+,22-,23+,24+/m1/s1. The van der Waals surface area contributed by atoms with Gasteiger partial charge in [0.25, 0.3) is 0 Å². The van der Waals surface area contributed by atoms with Crippen molar-refractivity contribution in [2.24, 2.45) is 34.0 Å². The van der Waals surface area contributed by atoms with Gasteiger partial charge in [0.1, 0.15) is 17.8 Å². The first-order valence-electron chi connectivity index (χ1n) is 11.7. The van der Waals surface area contributed by atoms with Crippen molar-refractivity contribution in [3.63, 3.8) is 0 Å². The first kappa shape index (κ1) is 21.7. The van der Waals surface area contributed by atoms with Crippen LogP contribution in [-0.2, 0) is 23.8 Å². The van der Waals surface area contributed by atoms with E-state index in [9.17, 15) is 19.8 Å². The van der Waals surface area contributed by atoms with Crippen LogP contribution in [0, 0.1) is 34.0 Å². The smallest absolute Gasteiger partial charge is 0.303 e. The summed E-state index contributed by atoms with van der Waals surface area (Å²) in [6, 6.07) is 0. The van der Waals surface area contributed by atoms with E-state index >= 15 is 0 Å². The maximum atomic E-state index is 12.1. The van der Waals surface area contributed by atoms with Crippen molar-refractivity contribution in [3.8, 4) is 0 Å². The van der Waals surface area contributed by atoms with Crippen LogP contribution in [0.1, 0.15) is 66.7 Å². The van der Waals surface area contributed by atoms with Gasteiger partial charge < -0.3 is 24.4 Å². The Labute approximate surface area is 183 Å². The molecule has 6 fully saturated rings. The van der Waals surface area contributed by atoms with E-state index in [0.717, 1.165) is 25.7 Å². The van der Waals surface area contributed by atoms with Crippen LogP contribution >= 0.6 is 0 Å². The van der Waals surface area contributed by atoms with Crippen molar-refractivity contribution >= 4 is 11.9 Å². The zero-order valence-corrected chi connectivity index (χ0v) is 19.2. The summed E-state index contributed by atoms with van der Waals surface area (Å²) in [6.45, 7) is 9.14. The van der Waals surface area contributed by atoms with E-state index in [1.54, 1.807) is 0 Å². The lowest BCUT2D eigenvalue weighted by molar-refractivity contribution is -0.307. The Bertz CT molecular complexity index is 810. The summed E-state index contributed by atoms with van der Waals surface area (Å²) in [5.41, 5.74) is -1.89. The molecule has 2 heterocycles. The van der Waals surface area contributed by atoms with Crippen LogP contribution in [0.3, 0.4) is 0 Å². The summed E-state index contributed by atoms with van der Waals surface area (Å²) in [6.07, 6.45) is 2.32. The van der Waals surface area contributed by atoms with E-state index in [-0.39, 0.29) is 53.9 Å². The van der Waals surface area contributed by atoms with Gasteiger partial charge in [0.15, 0.2) is 0 Å². The van der Waals surface area contributed by atoms with Crippen molar-refractivity contribution in [1.82, 2.24) is 0 Å². The quantitative estimate of drug-likeness (QED) is 0.654. The number of hydrogen-bond donors (Lipinski definition) is 2. The topological polar surface area (TPSA) is 102 Å². The molecule has 4 saturated carbocycles. The predicted molar refractivity (Wildman–Crippen MR) is 110 cm³/mol. The van der Waals surface area contributed by atoms with Crippen LogP contribution in [0.5, 0.6) is 0 Å². The van der Waals surface area contributed by atoms with Gasteiger partial charge in [-0.1, -0.05) is 20.8 Å². The van der Waals surface area contributed by atoms with Crippen LogP contribution < -0.4 is 0 Å². The Hall–Kier alpha value is -1.18. The van der Waals surface area contributed by atoms with Crippen molar-refractivity contribution in [3.05, 3.63) is 0 Å². The highest BCUT2D eigenvalue weighted by Crippen LogP contribution is 2.77. The van der Waals surface area contributed by atoms with Crippen molar-refractivity contribution in [2.45, 2.75) is 96.7 Å². The number of ether oxygens (including phenoxy) is 3. The van der Waals surface area contributed by atoms with E-state index in [1.807, 2.05) is 0 Å². The number of hydrogen-bond acceptors (Lipinski definition) is 7. The molecule has 0 aromatic carbocycles. The monoisotopic (exact) mass is 436 g/mol. The van der Waals surface area contributed by atoms with Gasteiger partial charge in [-0.05, 0) is 49.4 Å². The van der Waals surface area contributed by atoms with Crippen LogP contribution in [0.15, 0.2) is 0 Å². The fourth-order valence-corrected chi connectivity index (χ4v) is 9.61. The molecule has 0 unspecified atom stereocenters. The lowest BCUT2D eigenvalue weighted by Gasteiger charge is -2.68. The van der Waals surface area contributed by atoms with Gasteiger partial charge in [-0.25, -0.2) is 0 Å². The zero-order valence-electron chi connectivity index (χ0n) is 19.2. The third kappa shape index (κ3) is 2.51. The van der Waals surface area contributed by atoms with Gasteiger partial charge in [-0.3, -0.25) is 9.59 Å². The molecule has 2 N–H and O–H groups in total. The summed E-state index contributed by atoms with van der Waals surface area (Å²) >= 11 is 0. The second kappa shape index (κ2) is 6.45. The van der Waals surface area contributed by atoms with Crippen molar-refractivity contribution in [1.29, 1.82) is 0 Å². The molecule has 7 heteroatoms. The second-order valence-electron chi connectivity index (χ2n) is 11.8. The molecule has 0 amide bonds. The van der Waals surface area contributed by atoms with Crippen LogP contribution in [0.2, 0.25) is 0 Å². The lowest BCUT2D eigenvalue weighted by atomic mass is 9.39. The molecule has 7 nitrogen and oxygen atoms in total. The molecule has 174 valence electrons. The average Bonchev–Trinajstić information content (AvgIpc) is 3.01. The number of carbonyl (C=O) groups is 2. The van der Waals surface area contributed by atoms with E-state index in [2.05, 4.69) is 20.8 Å². The molecular weight excluding hydrogens is 400 g/mol. The molecule has 10 atom stereocenters. The number of carbonyl (C=O) groups excluding carboxylic acids is 2. The summed E-state index contributed by atoms with van der Waals surface area (Å²) in [7, 11) is 0. The van der Waals surface area contributed by atoms with Gasteiger partial charge in [0.05, 0.1) is 18.8 Å². The molecule has 4 bridgehead atoms. The molecule has 2 aliphatic heterocycles. The molecule has 0 aromatic heterocycles. The highest BCUT2D eigenvalue weighted by molar-refractivity contribution is 5.67. The van der Waals surface area contributed by atoms with E-state index in [4.69, 9.17) is 14.2 Å². The molecular formula is C24H36O7. The van der Waals surface area contributed by atoms with Crippen LogP contribution in [-0.4, -0.2) is 58.8 Å². The number of rotatable bonds is 3. The largest absolute Gasteiger partial charge is 0.462 e. The Morgan fingerprint density at radius 2 is 1.74 bits per heavy atom. The molecule has 2 saturated heterocycles. The Morgan fingerprint density at radius 1 is 1.06 bits per heavy atom. The third-order valence-electron chi connectivity index (χ3n) is 9.97. The zero-order chi connectivity index (χ0) is 22.6. The maximum absolute atomic E-state index is 12.1. The van der Waals surface area contributed by atoms with Gasteiger partial charge >= 0.3 is 11.9 Å². The summed E-state index contributed by atoms with van der Waals surface area (Å²) < 4.78 is 18.2. The van der Waals surface area contributed by atoms with E-state index < -0.39 is 28.6 Å². The molecule has 31 heavy (non-hydrogen) atoms. The predicted octanol–water partition coefficient (Wildman–Crippen LogP) is 2.21. The van der Waals surface area contributed by atoms with E-state index in [1.165, 1.54) is 13.8 Å². The minimum Gasteiger partial charge on any atom is -0.462 e. The van der Waals surface area contributed by atoms with Gasteiger partial charge in [0, 0.05) is 30.6 Å². The lowest BCUT2D eigenvalue weighted by Crippen LogP contribution is -2.71. The third-order valence-corrected chi connectivity index (χ3v) is 9.97. The normalized spacial score (nSPS) is 53.6. The maximum Gasteiger partial charge on any atom is 0.303 e. The van der Waals surface area contributed by atoms with Crippen LogP contribution in [0.25, 0.3) is 0 Å². The Morgan fingerprint density at radius 3 is 2.35 bits per heavy atom. The molecule has 1 spiro atoms. The van der Waals surface area contributed by atoms with Crippen molar-refractivity contribution < 1.29 is 34.0 Å². The number of esters is 2. The molecule has 0 aromatic rings. The molecule has 4 aliphatic carbocycles. The fraction of sp³-hybridized carbons (Fsp3) is 0.917. The van der Waals surface area contributed by atoms with Gasteiger partial charge in [-0.2, -0.15) is 0 Å². The minimum absolute atomic E-state index is 0.0150. The first-order chi connectivity index (χ1) is 14.4. The number of aliphatic hydroxyl groups is 2. The van der Waals surface area contributed by atoms with Gasteiger partial charge in [0.2, 0.25) is 0 Å². The number of fused-ring (bicyclic) bond motifs is 1.